The minimum absolute atomic E-state index is 0.0303. The molecule has 0 fully saturated rings. The number of benzene rings is 2. The van der Waals surface area contributed by atoms with Crippen LogP contribution in [-0.4, -0.2) is 34.4 Å². The summed E-state index contributed by atoms with van der Waals surface area (Å²) in [4.78, 5) is 23.9. The monoisotopic (exact) mass is 400 g/mol. The van der Waals surface area contributed by atoms with Gasteiger partial charge in [-0.1, -0.05) is 71.6 Å². The number of rotatable bonds is 7. The minimum atomic E-state index is -0.514. The largest absolute Gasteiger partial charge is 0.455 e. The van der Waals surface area contributed by atoms with Crippen molar-refractivity contribution in [2.75, 3.05) is 23.4 Å². The highest BCUT2D eigenvalue weighted by atomic mass is 32.2. The smallest absolute Gasteiger partial charge is 0.316 e. The number of carbonyl (C=O) groups is 2. The maximum absolute atomic E-state index is 12.1. The summed E-state index contributed by atoms with van der Waals surface area (Å²) in [5.74, 6) is -0.889. The van der Waals surface area contributed by atoms with Gasteiger partial charge in [0.25, 0.3) is 5.91 Å². The van der Waals surface area contributed by atoms with Gasteiger partial charge in [0.2, 0.25) is 5.13 Å². The number of nitrogens with zero attached hydrogens (tertiary/aromatic N) is 2. The normalized spacial score (nSPS) is 10.4. The summed E-state index contributed by atoms with van der Waals surface area (Å²) < 4.78 is 5.58. The first-order valence-electron chi connectivity index (χ1n) is 7.93. The van der Waals surface area contributed by atoms with Crippen molar-refractivity contribution in [1.29, 1.82) is 0 Å². The second-order valence-corrected chi connectivity index (χ2v) is 7.55. The van der Waals surface area contributed by atoms with Crippen molar-refractivity contribution in [3.8, 4) is 11.1 Å². The molecule has 138 valence electrons. The Bertz CT molecular complexity index is 931. The number of nitrogen functional groups attached to an aromatic ring is 1. The number of esters is 1. The molecule has 0 bridgehead atoms. The number of ether oxygens (including phenoxy) is 1. The SMILES string of the molecule is Nc1nnc(SCC(=O)OCC(=O)Nc2ccccc2-c2ccccc2)s1. The van der Waals surface area contributed by atoms with E-state index < -0.39 is 11.9 Å². The van der Waals surface area contributed by atoms with Crippen molar-refractivity contribution in [1.82, 2.24) is 10.2 Å². The van der Waals surface area contributed by atoms with Gasteiger partial charge in [0.15, 0.2) is 10.9 Å². The van der Waals surface area contributed by atoms with Gasteiger partial charge in [-0.3, -0.25) is 9.59 Å². The Morgan fingerprint density at radius 1 is 1.07 bits per heavy atom. The first-order valence-corrected chi connectivity index (χ1v) is 9.74. The molecule has 0 aliphatic heterocycles. The number of hydrogen-bond acceptors (Lipinski definition) is 8. The van der Waals surface area contributed by atoms with Crippen molar-refractivity contribution in [3.63, 3.8) is 0 Å². The zero-order valence-corrected chi connectivity index (χ0v) is 15.8. The van der Waals surface area contributed by atoms with Crippen molar-refractivity contribution in [2.24, 2.45) is 0 Å². The predicted octanol–water partition coefficient (Wildman–Crippen LogP) is 3.06. The van der Waals surface area contributed by atoms with E-state index in [1.165, 1.54) is 11.3 Å². The molecule has 0 atom stereocenters. The Morgan fingerprint density at radius 3 is 2.56 bits per heavy atom. The average molecular weight is 400 g/mol. The fraction of sp³-hybridized carbons (Fsp3) is 0.111. The number of anilines is 2. The summed E-state index contributed by atoms with van der Waals surface area (Å²) >= 11 is 2.35. The first kappa shape index (κ1) is 18.9. The quantitative estimate of drug-likeness (QED) is 0.463. The third kappa shape index (κ3) is 5.53. The Balaban J connectivity index is 1.52. The lowest BCUT2D eigenvalue weighted by molar-refractivity contribution is -0.144. The second kappa shape index (κ2) is 9.15. The van der Waals surface area contributed by atoms with Gasteiger partial charge in [-0.25, -0.2) is 0 Å². The molecule has 0 aliphatic carbocycles. The molecule has 2 aromatic carbocycles. The molecule has 1 heterocycles. The number of aromatic nitrogens is 2. The van der Waals surface area contributed by atoms with Gasteiger partial charge in [-0.05, 0) is 11.6 Å². The third-order valence-electron chi connectivity index (χ3n) is 3.39. The molecular formula is C18H16N4O3S2. The van der Waals surface area contributed by atoms with Crippen LogP contribution >= 0.6 is 23.1 Å². The van der Waals surface area contributed by atoms with Crippen LogP contribution in [0.15, 0.2) is 58.9 Å². The number of nitrogens with two attached hydrogens (primary N) is 1. The molecule has 0 radical (unpaired) electrons. The number of nitrogens with one attached hydrogen (secondary N) is 1. The van der Waals surface area contributed by atoms with E-state index in [-0.39, 0.29) is 12.4 Å². The predicted molar refractivity (Wildman–Crippen MR) is 107 cm³/mol. The standard InChI is InChI=1S/C18H16N4O3S2/c19-17-21-22-18(27-17)26-11-16(24)25-10-15(23)20-14-9-5-4-8-13(14)12-6-2-1-3-7-12/h1-9H,10-11H2,(H2,19,21)(H,20,23). The molecule has 1 amide bonds. The van der Waals surface area contributed by atoms with Crippen LogP contribution in [0.4, 0.5) is 10.8 Å². The lowest BCUT2D eigenvalue weighted by Crippen LogP contribution is -2.21. The molecule has 0 saturated heterocycles. The molecule has 0 spiro atoms. The van der Waals surface area contributed by atoms with Crippen LogP contribution in [0.3, 0.4) is 0 Å². The molecule has 9 heteroatoms. The van der Waals surface area contributed by atoms with E-state index in [1.807, 2.05) is 48.5 Å². The number of para-hydroxylation sites is 1. The van der Waals surface area contributed by atoms with Crippen LogP contribution in [0.5, 0.6) is 0 Å². The van der Waals surface area contributed by atoms with Gasteiger partial charge in [0.05, 0.1) is 5.75 Å². The van der Waals surface area contributed by atoms with Crippen LogP contribution in [0, 0.1) is 0 Å². The highest BCUT2D eigenvalue weighted by molar-refractivity contribution is 8.01. The van der Waals surface area contributed by atoms with E-state index in [0.29, 0.717) is 15.2 Å². The molecular weight excluding hydrogens is 384 g/mol. The number of thioether (sulfide) groups is 1. The minimum Gasteiger partial charge on any atom is -0.455 e. The van der Waals surface area contributed by atoms with Crippen LogP contribution < -0.4 is 11.1 Å². The summed E-state index contributed by atoms with van der Waals surface area (Å²) in [6, 6.07) is 17.2. The molecule has 3 aromatic rings. The lowest BCUT2D eigenvalue weighted by atomic mass is 10.0. The Kier molecular flexibility index (Phi) is 6.39. The second-order valence-electron chi connectivity index (χ2n) is 5.32. The fourth-order valence-corrected chi connectivity index (χ4v) is 3.67. The first-order chi connectivity index (χ1) is 13.1. The maximum Gasteiger partial charge on any atom is 0.316 e. The van der Waals surface area contributed by atoms with Crippen molar-refractivity contribution >= 4 is 45.8 Å². The topological polar surface area (TPSA) is 107 Å². The number of hydrogen-bond donors (Lipinski definition) is 2. The zero-order chi connectivity index (χ0) is 19.1. The number of carbonyl (C=O) groups excluding carboxylic acids is 2. The maximum atomic E-state index is 12.1. The Labute approximate surface area is 164 Å². The van der Waals surface area contributed by atoms with Gasteiger partial charge in [-0.2, -0.15) is 0 Å². The molecule has 3 rings (SSSR count). The Morgan fingerprint density at radius 2 is 1.81 bits per heavy atom. The highest BCUT2D eigenvalue weighted by Crippen LogP contribution is 2.27. The number of amides is 1. The molecule has 7 nitrogen and oxygen atoms in total. The molecule has 0 unspecified atom stereocenters. The van der Waals surface area contributed by atoms with E-state index in [4.69, 9.17) is 10.5 Å². The highest BCUT2D eigenvalue weighted by Gasteiger charge is 2.12. The molecule has 0 aliphatic rings. The Hall–Kier alpha value is -2.91. The van der Waals surface area contributed by atoms with E-state index in [0.717, 1.165) is 22.9 Å². The van der Waals surface area contributed by atoms with Gasteiger partial charge >= 0.3 is 5.97 Å². The zero-order valence-electron chi connectivity index (χ0n) is 14.1. The summed E-state index contributed by atoms with van der Waals surface area (Å²) in [6.45, 7) is -0.360. The molecule has 3 N–H and O–H groups in total. The summed E-state index contributed by atoms with van der Waals surface area (Å²) in [7, 11) is 0. The van der Waals surface area contributed by atoms with Gasteiger partial charge in [-0.15, -0.1) is 10.2 Å². The fourth-order valence-electron chi connectivity index (χ4n) is 2.23. The summed E-state index contributed by atoms with van der Waals surface area (Å²) in [5.41, 5.74) is 8.00. The molecule has 1 aromatic heterocycles. The molecule has 27 heavy (non-hydrogen) atoms. The molecule has 0 saturated carbocycles. The van der Waals surface area contributed by atoms with E-state index in [2.05, 4.69) is 15.5 Å². The average Bonchev–Trinajstić information content (AvgIpc) is 3.11. The van der Waals surface area contributed by atoms with Crippen LogP contribution in [0.2, 0.25) is 0 Å². The van der Waals surface area contributed by atoms with Crippen molar-refractivity contribution in [2.45, 2.75) is 4.34 Å². The van der Waals surface area contributed by atoms with Gasteiger partial charge < -0.3 is 15.8 Å². The van der Waals surface area contributed by atoms with Crippen LogP contribution in [-0.2, 0) is 14.3 Å². The van der Waals surface area contributed by atoms with Crippen molar-refractivity contribution in [3.05, 3.63) is 54.6 Å². The van der Waals surface area contributed by atoms with Crippen molar-refractivity contribution < 1.29 is 14.3 Å². The van der Waals surface area contributed by atoms with Crippen LogP contribution in [0.1, 0.15) is 0 Å². The van der Waals surface area contributed by atoms with E-state index in [9.17, 15) is 9.59 Å². The van der Waals surface area contributed by atoms with E-state index in [1.54, 1.807) is 6.07 Å². The lowest BCUT2D eigenvalue weighted by Gasteiger charge is -2.11. The third-order valence-corrected chi connectivity index (χ3v) is 5.25. The summed E-state index contributed by atoms with van der Waals surface area (Å²) in [6.07, 6.45) is 0. The summed E-state index contributed by atoms with van der Waals surface area (Å²) in [5, 5.41) is 10.6. The van der Waals surface area contributed by atoms with Crippen LogP contribution in [0.25, 0.3) is 11.1 Å². The van der Waals surface area contributed by atoms with Gasteiger partial charge in [0, 0.05) is 11.3 Å². The van der Waals surface area contributed by atoms with E-state index >= 15 is 0 Å². The van der Waals surface area contributed by atoms with Gasteiger partial charge in [0.1, 0.15) is 0 Å².